The van der Waals surface area contributed by atoms with Gasteiger partial charge in [0, 0.05) is 18.1 Å². The predicted molar refractivity (Wildman–Crippen MR) is 120 cm³/mol. The van der Waals surface area contributed by atoms with E-state index in [-0.39, 0.29) is 11.9 Å². The minimum atomic E-state index is -0.0129. The second-order valence-electron chi connectivity index (χ2n) is 7.01. The summed E-state index contributed by atoms with van der Waals surface area (Å²) in [6.07, 6.45) is 3.69. The highest BCUT2D eigenvalue weighted by Crippen LogP contribution is 2.21. The second-order valence-corrected chi connectivity index (χ2v) is 7.99. The normalized spacial score (nSPS) is 12.0. The van der Waals surface area contributed by atoms with E-state index in [9.17, 15) is 4.79 Å². The zero-order valence-electron chi connectivity index (χ0n) is 16.3. The fourth-order valence-electron chi connectivity index (χ4n) is 3.27. The Morgan fingerprint density at radius 1 is 1.03 bits per heavy atom. The van der Waals surface area contributed by atoms with Crippen LogP contribution in [0.5, 0.6) is 0 Å². The molecule has 0 radical (unpaired) electrons. The van der Waals surface area contributed by atoms with Gasteiger partial charge in [-0.2, -0.15) is 5.10 Å². The molecule has 0 saturated carbocycles. The number of benzene rings is 3. The van der Waals surface area contributed by atoms with Gasteiger partial charge in [-0.05, 0) is 53.1 Å². The third-order valence-corrected chi connectivity index (χ3v) is 5.86. The molecule has 3 aromatic carbocycles. The second kappa shape index (κ2) is 8.97. The van der Waals surface area contributed by atoms with E-state index < -0.39 is 0 Å². The summed E-state index contributed by atoms with van der Waals surface area (Å²) in [5.41, 5.74) is 3.35. The van der Waals surface area contributed by atoms with Crippen LogP contribution in [0, 0.1) is 0 Å². The first-order valence-corrected chi connectivity index (χ1v) is 10.8. The molecule has 1 N–H and O–H groups in total. The molecule has 0 fully saturated rings. The quantitative estimate of drug-likeness (QED) is 0.467. The summed E-state index contributed by atoms with van der Waals surface area (Å²) < 4.78 is 1.83. The summed E-state index contributed by atoms with van der Waals surface area (Å²) in [4.78, 5) is 12.3. The average Bonchev–Trinajstić information content (AvgIpc) is 3.29. The summed E-state index contributed by atoms with van der Waals surface area (Å²) in [5, 5.41) is 9.74. The van der Waals surface area contributed by atoms with Gasteiger partial charge in [-0.15, -0.1) is 11.8 Å². The van der Waals surface area contributed by atoms with Gasteiger partial charge in [-0.1, -0.05) is 48.5 Å². The summed E-state index contributed by atoms with van der Waals surface area (Å²) in [6, 6.07) is 24.8. The summed E-state index contributed by atoms with van der Waals surface area (Å²) in [7, 11) is 0. The van der Waals surface area contributed by atoms with Gasteiger partial charge in [0.25, 0.3) is 0 Å². The molecule has 0 saturated heterocycles. The topological polar surface area (TPSA) is 46.9 Å². The van der Waals surface area contributed by atoms with Crippen molar-refractivity contribution < 1.29 is 4.79 Å². The Balaban J connectivity index is 1.27. The molecule has 4 aromatic rings. The Morgan fingerprint density at radius 2 is 1.83 bits per heavy atom. The van der Waals surface area contributed by atoms with E-state index in [0.717, 1.165) is 17.0 Å². The maximum atomic E-state index is 12.3. The van der Waals surface area contributed by atoms with Crippen LogP contribution in [0.2, 0.25) is 0 Å². The van der Waals surface area contributed by atoms with Crippen molar-refractivity contribution in [1.29, 1.82) is 0 Å². The van der Waals surface area contributed by atoms with Crippen LogP contribution in [-0.2, 0) is 10.5 Å². The number of hydrogen-bond acceptors (Lipinski definition) is 3. The largest absolute Gasteiger partial charge is 0.349 e. The Morgan fingerprint density at radius 3 is 2.59 bits per heavy atom. The molecule has 0 unspecified atom stereocenters. The lowest BCUT2D eigenvalue weighted by atomic mass is 10.0. The third kappa shape index (κ3) is 4.87. The molecule has 1 atom stereocenters. The van der Waals surface area contributed by atoms with Crippen LogP contribution in [0.4, 0.5) is 0 Å². The third-order valence-electron chi connectivity index (χ3n) is 4.86. The first kappa shape index (κ1) is 19.3. The highest BCUT2D eigenvalue weighted by atomic mass is 32.2. The number of thioether (sulfide) groups is 1. The van der Waals surface area contributed by atoms with Gasteiger partial charge in [0.15, 0.2) is 0 Å². The number of hydrogen-bond donors (Lipinski definition) is 1. The molecule has 4 nitrogen and oxygen atoms in total. The monoisotopic (exact) mass is 401 g/mol. The van der Waals surface area contributed by atoms with Crippen molar-refractivity contribution in [3.8, 4) is 5.69 Å². The SMILES string of the molecule is C[C@H](NC(=O)CSCc1ccc(-n2cccn2)cc1)c1ccc2ccccc2c1. The van der Waals surface area contributed by atoms with E-state index in [1.54, 1.807) is 18.0 Å². The van der Waals surface area contributed by atoms with Crippen LogP contribution in [0.15, 0.2) is 85.2 Å². The van der Waals surface area contributed by atoms with Crippen molar-refractivity contribution in [2.45, 2.75) is 18.7 Å². The highest BCUT2D eigenvalue weighted by Gasteiger charge is 2.10. The van der Waals surface area contributed by atoms with Gasteiger partial charge in [0.2, 0.25) is 5.91 Å². The van der Waals surface area contributed by atoms with Crippen molar-refractivity contribution in [2.75, 3.05) is 5.75 Å². The lowest BCUT2D eigenvalue weighted by molar-refractivity contribution is -0.119. The molecule has 29 heavy (non-hydrogen) atoms. The average molecular weight is 402 g/mol. The van der Waals surface area contributed by atoms with Gasteiger partial charge in [0.1, 0.15) is 0 Å². The maximum Gasteiger partial charge on any atom is 0.230 e. The summed E-state index contributed by atoms with van der Waals surface area (Å²) in [5.74, 6) is 1.31. The minimum absolute atomic E-state index is 0.0129. The lowest BCUT2D eigenvalue weighted by Gasteiger charge is -2.15. The number of rotatable bonds is 7. The Bertz CT molecular complexity index is 1090. The van der Waals surface area contributed by atoms with Crippen LogP contribution in [0.25, 0.3) is 16.5 Å². The van der Waals surface area contributed by atoms with Gasteiger partial charge in [-0.25, -0.2) is 4.68 Å². The molecule has 1 amide bonds. The molecule has 0 aliphatic heterocycles. The highest BCUT2D eigenvalue weighted by molar-refractivity contribution is 7.99. The van der Waals surface area contributed by atoms with E-state index in [1.807, 2.05) is 48.1 Å². The molecule has 0 spiro atoms. The molecule has 146 valence electrons. The van der Waals surface area contributed by atoms with Crippen LogP contribution < -0.4 is 5.32 Å². The molecule has 0 bridgehead atoms. The van der Waals surface area contributed by atoms with Crippen LogP contribution in [-0.4, -0.2) is 21.4 Å². The Labute approximate surface area is 174 Å². The van der Waals surface area contributed by atoms with Crippen molar-refractivity contribution in [3.63, 3.8) is 0 Å². The molecule has 1 aromatic heterocycles. The van der Waals surface area contributed by atoms with Crippen LogP contribution >= 0.6 is 11.8 Å². The Kier molecular flexibility index (Phi) is 5.96. The van der Waals surface area contributed by atoms with Crippen molar-refractivity contribution in [2.24, 2.45) is 0 Å². The number of carbonyl (C=O) groups is 1. The standard InChI is InChI=1S/C24H23N3OS/c1-18(21-10-9-20-5-2-3-6-22(20)15-21)26-24(28)17-29-16-19-7-11-23(12-8-19)27-14-4-13-25-27/h2-15,18H,16-17H2,1H3,(H,26,28)/t18-/m0/s1. The number of fused-ring (bicyclic) bond motifs is 1. The van der Waals surface area contributed by atoms with Crippen LogP contribution in [0.3, 0.4) is 0 Å². The zero-order valence-corrected chi connectivity index (χ0v) is 17.1. The fourth-order valence-corrected chi connectivity index (χ4v) is 4.07. The fraction of sp³-hybridized carbons (Fsp3) is 0.167. The van der Waals surface area contributed by atoms with Gasteiger partial charge < -0.3 is 5.32 Å². The van der Waals surface area contributed by atoms with Gasteiger partial charge in [0.05, 0.1) is 17.5 Å². The number of nitrogens with one attached hydrogen (secondary N) is 1. The number of nitrogens with zero attached hydrogens (tertiary/aromatic N) is 2. The van der Waals surface area contributed by atoms with E-state index in [2.05, 4.69) is 52.9 Å². The number of carbonyl (C=O) groups excluding carboxylic acids is 1. The molecule has 1 heterocycles. The molecule has 0 aliphatic carbocycles. The summed E-state index contributed by atoms with van der Waals surface area (Å²) in [6.45, 7) is 2.03. The van der Waals surface area contributed by atoms with Crippen molar-refractivity contribution >= 4 is 28.4 Å². The van der Waals surface area contributed by atoms with E-state index in [0.29, 0.717) is 5.75 Å². The Hall–Kier alpha value is -3.05. The van der Waals surface area contributed by atoms with E-state index in [4.69, 9.17) is 0 Å². The van der Waals surface area contributed by atoms with Crippen molar-refractivity contribution in [3.05, 3.63) is 96.3 Å². The van der Waals surface area contributed by atoms with Crippen LogP contribution in [0.1, 0.15) is 24.1 Å². The first-order valence-electron chi connectivity index (χ1n) is 9.64. The smallest absolute Gasteiger partial charge is 0.230 e. The molecule has 5 heteroatoms. The van der Waals surface area contributed by atoms with Crippen molar-refractivity contribution in [1.82, 2.24) is 15.1 Å². The number of amides is 1. The number of aromatic nitrogens is 2. The summed E-state index contributed by atoms with van der Waals surface area (Å²) >= 11 is 1.62. The maximum absolute atomic E-state index is 12.3. The first-order chi connectivity index (χ1) is 14.2. The van der Waals surface area contributed by atoms with E-state index in [1.165, 1.54) is 16.3 Å². The zero-order chi connectivity index (χ0) is 20.1. The molecule has 4 rings (SSSR count). The predicted octanol–water partition coefficient (Wildman–Crippen LogP) is 5.14. The molecular weight excluding hydrogens is 378 g/mol. The van der Waals surface area contributed by atoms with Gasteiger partial charge in [-0.3, -0.25) is 4.79 Å². The minimum Gasteiger partial charge on any atom is -0.349 e. The van der Waals surface area contributed by atoms with E-state index >= 15 is 0 Å². The van der Waals surface area contributed by atoms with Gasteiger partial charge >= 0.3 is 0 Å². The molecular formula is C24H23N3OS. The lowest BCUT2D eigenvalue weighted by Crippen LogP contribution is -2.28. The molecule has 0 aliphatic rings.